The van der Waals surface area contributed by atoms with Crippen LogP contribution in [0.3, 0.4) is 0 Å². The molecule has 0 fully saturated rings. The van der Waals surface area contributed by atoms with Crippen LogP contribution in [0.15, 0.2) is 41.3 Å². The summed E-state index contributed by atoms with van der Waals surface area (Å²) >= 11 is -1.98. The molecule has 1 N–H and O–H groups in total. The molecule has 0 aliphatic rings. The molecule has 0 aliphatic heterocycles. The standard InChI is InChI=1S/C10H7FO2S/c11-9-3-1-8-6-10(14(12)13)4-2-7(8)5-9/h1-6H,(H,12,13). The third-order valence-corrected chi connectivity index (χ3v) is 2.63. The SMILES string of the molecule is O=S(O)c1ccc2cc(F)ccc2c1. The molecule has 2 rings (SSSR count). The Bertz CT molecular complexity index is 510. The van der Waals surface area contributed by atoms with Crippen LogP contribution < -0.4 is 0 Å². The average Bonchev–Trinajstić information content (AvgIpc) is 2.16. The quantitative estimate of drug-likeness (QED) is 0.734. The minimum atomic E-state index is -1.98. The summed E-state index contributed by atoms with van der Waals surface area (Å²) in [5, 5.41) is 1.48. The maximum Gasteiger partial charge on any atom is 0.186 e. The van der Waals surface area contributed by atoms with Crippen LogP contribution in [0, 0.1) is 5.82 Å². The fourth-order valence-corrected chi connectivity index (χ4v) is 1.72. The minimum absolute atomic E-state index is 0.310. The van der Waals surface area contributed by atoms with Crippen molar-refractivity contribution in [2.75, 3.05) is 0 Å². The first-order valence-corrected chi connectivity index (χ1v) is 5.08. The highest BCUT2D eigenvalue weighted by Crippen LogP contribution is 2.18. The van der Waals surface area contributed by atoms with Crippen LogP contribution in [0.2, 0.25) is 0 Å². The van der Waals surface area contributed by atoms with Gasteiger partial charge in [-0.2, -0.15) is 0 Å². The molecule has 0 aliphatic carbocycles. The molecular formula is C10H7FO2S. The predicted octanol–water partition coefficient (Wildman–Crippen LogP) is 2.56. The highest BCUT2D eigenvalue weighted by molar-refractivity contribution is 7.79. The zero-order chi connectivity index (χ0) is 10.1. The van der Waals surface area contributed by atoms with E-state index in [0.29, 0.717) is 4.90 Å². The zero-order valence-corrected chi connectivity index (χ0v) is 7.92. The van der Waals surface area contributed by atoms with Crippen molar-refractivity contribution in [3.8, 4) is 0 Å². The number of hydrogen-bond donors (Lipinski definition) is 1. The molecule has 2 aromatic rings. The largest absolute Gasteiger partial charge is 0.302 e. The summed E-state index contributed by atoms with van der Waals surface area (Å²) in [6.07, 6.45) is 0. The van der Waals surface area contributed by atoms with Gasteiger partial charge in [0, 0.05) is 0 Å². The molecule has 1 unspecified atom stereocenters. The Balaban J connectivity index is 2.67. The van der Waals surface area contributed by atoms with Crippen LogP contribution in [0.25, 0.3) is 10.8 Å². The topological polar surface area (TPSA) is 37.3 Å². The maximum atomic E-state index is 12.8. The van der Waals surface area contributed by atoms with E-state index in [-0.39, 0.29) is 5.82 Å². The van der Waals surface area contributed by atoms with Gasteiger partial charge in [0.1, 0.15) is 5.82 Å². The molecule has 4 heteroatoms. The van der Waals surface area contributed by atoms with Crippen molar-refractivity contribution < 1.29 is 13.2 Å². The molecule has 1 atom stereocenters. The second-order valence-electron chi connectivity index (χ2n) is 2.90. The Labute approximate surface area is 82.7 Å². The first-order valence-electron chi connectivity index (χ1n) is 3.97. The minimum Gasteiger partial charge on any atom is -0.302 e. The highest BCUT2D eigenvalue weighted by atomic mass is 32.2. The summed E-state index contributed by atoms with van der Waals surface area (Å²) in [5.74, 6) is -0.310. The van der Waals surface area contributed by atoms with Gasteiger partial charge in [-0.3, -0.25) is 0 Å². The molecule has 0 aromatic heterocycles. The van der Waals surface area contributed by atoms with Crippen molar-refractivity contribution in [1.82, 2.24) is 0 Å². The van der Waals surface area contributed by atoms with E-state index in [1.165, 1.54) is 18.2 Å². The van der Waals surface area contributed by atoms with E-state index < -0.39 is 11.1 Å². The molecule has 0 amide bonds. The molecule has 0 bridgehead atoms. The van der Waals surface area contributed by atoms with Gasteiger partial charge in [-0.05, 0) is 35.0 Å². The molecule has 14 heavy (non-hydrogen) atoms. The third kappa shape index (κ3) is 1.66. The van der Waals surface area contributed by atoms with E-state index >= 15 is 0 Å². The Morgan fingerprint density at radius 1 is 1.07 bits per heavy atom. The van der Waals surface area contributed by atoms with Gasteiger partial charge in [-0.15, -0.1) is 0 Å². The van der Waals surface area contributed by atoms with Gasteiger partial charge in [0.2, 0.25) is 0 Å². The molecule has 0 saturated carbocycles. The van der Waals surface area contributed by atoms with Crippen LogP contribution in [0.1, 0.15) is 0 Å². The average molecular weight is 210 g/mol. The lowest BCUT2D eigenvalue weighted by Crippen LogP contribution is -1.87. The number of rotatable bonds is 1. The smallest absolute Gasteiger partial charge is 0.186 e. The first-order chi connectivity index (χ1) is 6.66. The summed E-state index contributed by atoms with van der Waals surface area (Å²) in [6, 6.07) is 9.01. The number of benzene rings is 2. The van der Waals surface area contributed by atoms with Crippen LogP contribution in [-0.4, -0.2) is 8.76 Å². The van der Waals surface area contributed by atoms with Crippen molar-refractivity contribution >= 4 is 21.9 Å². The number of halogens is 1. The number of hydrogen-bond acceptors (Lipinski definition) is 1. The summed E-state index contributed by atoms with van der Waals surface area (Å²) in [5.41, 5.74) is 0. The van der Waals surface area contributed by atoms with E-state index in [0.717, 1.165) is 10.8 Å². The van der Waals surface area contributed by atoms with Crippen LogP contribution in [0.4, 0.5) is 4.39 Å². The normalized spacial score (nSPS) is 13.0. The Hall–Kier alpha value is -1.26. The molecule has 0 saturated heterocycles. The summed E-state index contributed by atoms with van der Waals surface area (Å²) in [6.45, 7) is 0. The highest BCUT2D eigenvalue weighted by Gasteiger charge is 2.01. The second-order valence-corrected chi connectivity index (χ2v) is 3.87. The summed E-state index contributed by atoms with van der Waals surface area (Å²) in [4.78, 5) is 0.323. The lowest BCUT2D eigenvalue weighted by molar-refractivity contribution is 0.564. The van der Waals surface area contributed by atoms with Crippen molar-refractivity contribution in [2.24, 2.45) is 0 Å². The molecule has 0 spiro atoms. The lowest BCUT2D eigenvalue weighted by atomic mass is 10.1. The maximum absolute atomic E-state index is 12.8. The molecule has 2 aromatic carbocycles. The molecular weight excluding hydrogens is 203 g/mol. The van der Waals surface area contributed by atoms with Crippen molar-refractivity contribution in [2.45, 2.75) is 4.90 Å². The monoisotopic (exact) mass is 210 g/mol. The van der Waals surface area contributed by atoms with Crippen molar-refractivity contribution in [3.05, 3.63) is 42.2 Å². The van der Waals surface area contributed by atoms with E-state index in [9.17, 15) is 8.60 Å². The molecule has 0 radical (unpaired) electrons. The fourth-order valence-electron chi connectivity index (χ4n) is 1.30. The number of fused-ring (bicyclic) bond motifs is 1. The Morgan fingerprint density at radius 3 is 2.43 bits per heavy atom. The summed E-state index contributed by atoms with van der Waals surface area (Å²) in [7, 11) is 0. The predicted molar refractivity (Wildman–Crippen MR) is 52.9 cm³/mol. The zero-order valence-electron chi connectivity index (χ0n) is 7.11. The van der Waals surface area contributed by atoms with Crippen molar-refractivity contribution in [1.29, 1.82) is 0 Å². The van der Waals surface area contributed by atoms with E-state index in [4.69, 9.17) is 4.55 Å². The van der Waals surface area contributed by atoms with Gasteiger partial charge in [0.15, 0.2) is 11.1 Å². The van der Waals surface area contributed by atoms with Gasteiger partial charge >= 0.3 is 0 Å². The lowest BCUT2D eigenvalue weighted by Gasteiger charge is -1.99. The van der Waals surface area contributed by atoms with Gasteiger partial charge < -0.3 is 4.55 Å². The molecule has 72 valence electrons. The van der Waals surface area contributed by atoms with Crippen LogP contribution in [0.5, 0.6) is 0 Å². The van der Waals surface area contributed by atoms with E-state index in [1.807, 2.05) is 0 Å². The Morgan fingerprint density at radius 2 is 1.71 bits per heavy atom. The van der Waals surface area contributed by atoms with Crippen molar-refractivity contribution in [3.63, 3.8) is 0 Å². The van der Waals surface area contributed by atoms with Gasteiger partial charge in [-0.1, -0.05) is 12.1 Å². The second kappa shape index (κ2) is 3.48. The third-order valence-electron chi connectivity index (χ3n) is 1.98. The molecule has 0 heterocycles. The first kappa shape index (κ1) is 9.30. The van der Waals surface area contributed by atoms with E-state index in [1.54, 1.807) is 18.2 Å². The van der Waals surface area contributed by atoms with Gasteiger partial charge in [-0.25, -0.2) is 8.60 Å². The van der Waals surface area contributed by atoms with Gasteiger partial charge in [0.25, 0.3) is 0 Å². The Kier molecular flexibility index (Phi) is 2.31. The van der Waals surface area contributed by atoms with Crippen LogP contribution >= 0.6 is 0 Å². The molecule has 2 nitrogen and oxygen atoms in total. The fraction of sp³-hybridized carbons (Fsp3) is 0. The van der Waals surface area contributed by atoms with Crippen LogP contribution in [-0.2, 0) is 11.1 Å². The van der Waals surface area contributed by atoms with Gasteiger partial charge in [0.05, 0.1) is 4.90 Å². The van der Waals surface area contributed by atoms with E-state index in [2.05, 4.69) is 0 Å². The summed E-state index contributed by atoms with van der Waals surface area (Å²) < 4.78 is 32.4.